The lowest BCUT2D eigenvalue weighted by Crippen LogP contribution is -2.52. The maximum absolute atomic E-state index is 11.6. The number of rotatable bonds is 6. The molecule has 2 rings (SSSR count). The molecular weight excluding hydrogens is 235 g/mol. The van der Waals surface area contributed by atoms with Crippen molar-refractivity contribution >= 4 is 13.1 Å². The monoisotopic (exact) mass is 256 g/mol. The first-order chi connectivity index (χ1) is 8.56. The summed E-state index contributed by atoms with van der Waals surface area (Å²) in [5.41, 5.74) is -0.825. The van der Waals surface area contributed by atoms with Crippen LogP contribution in [0.4, 0.5) is 0 Å². The summed E-state index contributed by atoms with van der Waals surface area (Å²) >= 11 is 0. The van der Waals surface area contributed by atoms with Crippen LogP contribution in [0.5, 0.6) is 0 Å². The Balaban J connectivity index is 1.93. The van der Waals surface area contributed by atoms with Crippen LogP contribution in [0.25, 0.3) is 0 Å². The number of unbranched alkanes of at least 4 members (excludes halogenated alkanes) is 1. The van der Waals surface area contributed by atoms with Crippen LogP contribution >= 0.6 is 0 Å². The third-order valence-electron chi connectivity index (χ3n) is 4.28. The minimum atomic E-state index is -1.29. The summed E-state index contributed by atoms with van der Waals surface area (Å²) in [5, 5.41) is 33.6. The lowest BCUT2D eigenvalue weighted by molar-refractivity contribution is -0.146. The average molecular weight is 256 g/mol. The van der Waals surface area contributed by atoms with Crippen LogP contribution in [0.3, 0.4) is 0 Å². The quantitative estimate of drug-likeness (QED) is 0.310. The second-order valence-electron chi connectivity index (χ2n) is 5.34. The van der Waals surface area contributed by atoms with Gasteiger partial charge < -0.3 is 25.8 Å². The fourth-order valence-corrected chi connectivity index (χ4v) is 3.34. The molecule has 2 saturated heterocycles. The van der Waals surface area contributed by atoms with E-state index in [-0.39, 0.29) is 12.0 Å². The molecule has 0 unspecified atom stereocenters. The maximum Gasteiger partial charge on any atom is 0.451 e. The molecule has 18 heavy (non-hydrogen) atoms. The maximum atomic E-state index is 11.6. The Hall–Kier alpha value is -0.625. The number of nitrogens with one attached hydrogen (secondary N) is 2. The summed E-state index contributed by atoms with van der Waals surface area (Å²) in [4.78, 5) is 11.6. The van der Waals surface area contributed by atoms with Gasteiger partial charge in [-0.25, -0.2) is 0 Å². The Kier molecular flexibility index (Phi) is 4.27. The lowest BCUT2D eigenvalue weighted by atomic mass is 9.77. The van der Waals surface area contributed by atoms with Gasteiger partial charge in [0.05, 0.1) is 0 Å². The summed E-state index contributed by atoms with van der Waals surface area (Å²) in [5.74, 6) is -0.628. The van der Waals surface area contributed by atoms with E-state index in [1.807, 2.05) is 0 Å². The molecule has 0 aromatic rings. The molecule has 2 heterocycles. The minimum absolute atomic E-state index is 0.147. The van der Waals surface area contributed by atoms with Gasteiger partial charge in [0.2, 0.25) is 0 Å². The van der Waals surface area contributed by atoms with Gasteiger partial charge in [0.15, 0.2) is 0 Å². The molecular formula is C11H21BN2O4. The van der Waals surface area contributed by atoms with Gasteiger partial charge in [-0.3, -0.25) is 4.79 Å². The smallest absolute Gasteiger partial charge is 0.451 e. The summed E-state index contributed by atoms with van der Waals surface area (Å²) in [7, 11) is -1.29. The highest BCUT2D eigenvalue weighted by Crippen LogP contribution is 2.37. The van der Waals surface area contributed by atoms with E-state index in [0.717, 1.165) is 13.0 Å². The van der Waals surface area contributed by atoms with Crippen molar-refractivity contribution in [2.75, 3.05) is 13.1 Å². The largest absolute Gasteiger partial charge is 0.480 e. The lowest BCUT2D eigenvalue weighted by Gasteiger charge is -2.30. The first-order valence-corrected chi connectivity index (χ1v) is 6.64. The number of carboxylic acids is 1. The van der Waals surface area contributed by atoms with Gasteiger partial charge in [-0.2, -0.15) is 0 Å². The van der Waals surface area contributed by atoms with Gasteiger partial charge in [-0.15, -0.1) is 0 Å². The van der Waals surface area contributed by atoms with Crippen LogP contribution < -0.4 is 10.6 Å². The molecule has 5 N–H and O–H groups in total. The molecule has 0 aliphatic carbocycles. The molecule has 0 aromatic heterocycles. The highest BCUT2D eigenvalue weighted by Gasteiger charge is 2.54. The van der Waals surface area contributed by atoms with Crippen molar-refractivity contribution in [2.24, 2.45) is 5.92 Å². The molecule has 3 atom stereocenters. The Labute approximate surface area is 107 Å². The fraction of sp³-hybridized carbons (Fsp3) is 0.909. The van der Waals surface area contributed by atoms with Gasteiger partial charge >= 0.3 is 13.1 Å². The Morgan fingerprint density at radius 3 is 2.83 bits per heavy atom. The zero-order chi connectivity index (χ0) is 13.2. The number of fused-ring (bicyclic) bond motifs is 1. The molecule has 2 aliphatic rings. The van der Waals surface area contributed by atoms with Crippen LogP contribution in [0.2, 0.25) is 6.32 Å². The van der Waals surface area contributed by atoms with Crippen molar-refractivity contribution in [3.8, 4) is 0 Å². The summed E-state index contributed by atoms with van der Waals surface area (Å²) in [6, 6.07) is 0.268. The molecule has 0 aromatic carbocycles. The third kappa shape index (κ3) is 2.54. The van der Waals surface area contributed by atoms with Gasteiger partial charge in [0.1, 0.15) is 5.54 Å². The summed E-state index contributed by atoms with van der Waals surface area (Å²) in [6.45, 7) is 1.60. The Bertz CT molecular complexity index is 315. The van der Waals surface area contributed by atoms with Crippen LogP contribution in [-0.2, 0) is 4.79 Å². The molecule has 0 radical (unpaired) electrons. The van der Waals surface area contributed by atoms with Crippen molar-refractivity contribution in [3.05, 3.63) is 0 Å². The van der Waals surface area contributed by atoms with E-state index in [4.69, 9.17) is 10.0 Å². The molecule has 7 heteroatoms. The van der Waals surface area contributed by atoms with E-state index in [1.54, 1.807) is 0 Å². The highest BCUT2D eigenvalue weighted by molar-refractivity contribution is 6.40. The normalized spacial score (nSPS) is 34.6. The van der Waals surface area contributed by atoms with Crippen molar-refractivity contribution in [3.63, 3.8) is 0 Å². The van der Waals surface area contributed by atoms with Crippen molar-refractivity contribution in [1.82, 2.24) is 10.6 Å². The predicted molar refractivity (Wildman–Crippen MR) is 67.1 cm³/mol. The zero-order valence-corrected chi connectivity index (χ0v) is 10.4. The zero-order valence-electron chi connectivity index (χ0n) is 10.4. The minimum Gasteiger partial charge on any atom is -0.480 e. The molecule has 0 bridgehead atoms. The topological polar surface area (TPSA) is 102 Å². The van der Waals surface area contributed by atoms with Crippen molar-refractivity contribution < 1.29 is 19.9 Å². The Morgan fingerprint density at radius 2 is 2.17 bits per heavy atom. The number of hydrogen-bond donors (Lipinski definition) is 5. The molecule has 2 aliphatic heterocycles. The van der Waals surface area contributed by atoms with Crippen molar-refractivity contribution in [2.45, 2.75) is 43.6 Å². The highest BCUT2D eigenvalue weighted by atomic mass is 16.4. The van der Waals surface area contributed by atoms with E-state index < -0.39 is 18.6 Å². The number of carbonyl (C=O) groups is 1. The van der Waals surface area contributed by atoms with Crippen LogP contribution in [0, 0.1) is 5.92 Å². The second kappa shape index (κ2) is 5.56. The predicted octanol–water partition coefficient (Wildman–Crippen LogP) is -0.966. The summed E-state index contributed by atoms with van der Waals surface area (Å²) in [6.07, 6.45) is 3.09. The number of hydrogen-bond acceptors (Lipinski definition) is 5. The third-order valence-corrected chi connectivity index (χ3v) is 4.28. The standard InChI is InChI=1S/C11H21BN2O4/c15-10(16)11(4-1-2-5-12(17)18)8-3-6-13-9(8)7-14-11/h8-9,13-14,17-18H,1-7H2,(H,15,16)/t8-,9-,11+/m0/s1. The van der Waals surface area contributed by atoms with Crippen molar-refractivity contribution in [1.29, 1.82) is 0 Å². The SMILES string of the molecule is O=C(O)[C@]1(CCCCB(O)O)NC[C@@H]2NCC[C@@H]21. The molecule has 0 saturated carbocycles. The number of carboxylic acid groups (broad SMARTS) is 1. The number of aliphatic carboxylic acids is 1. The average Bonchev–Trinajstić information content (AvgIpc) is 2.86. The molecule has 0 spiro atoms. The van der Waals surface area contributed by atoms with Crippen LogP contribution in [0.15, 0.2) is 0 Å². The fourth-order valence-electron chi connectivity index (χ4n) is 3.34. The van der Waals surface area contributed by atoms with E-state index in [2.05, 4.69) is 10.6 Å². The van der Waals surface area contributed by atoms with Gasteiger partial charge in [-0.05, 0) is 25.7 Å². The van der Waals surface area contributed by atoms with Gasteiger partial charge in [0, 0.05) is 18.5 Å². The first-order valence-electron chi connectivity index (χ1n) is 6.64. The van der Waals surface area contributed by atoms with Crippen LogP contribution in [-0.4, -0.2) is 52.9 Å². The van der Waals surface area contributed by atoms with Gasteiger partial charge in [0.25, 0.3) is 0 Å². The van der Waals surface area contributed by atoms with E-state index in [1.165, 1.54) is 0 Å². The molecule has 2 fully saturated rings. The Morgan fingerprint density at radius 1 is 1.39 bits per heavy atom. The molecule has 102 valence electrons. The van der Waals surface area contributed by atoms with E-state index in [9.17, 15) is 9.90 Å². The second-order valence-corrected chi connectivity index (χ2v) is 5.34. The van der Waals surface area contributed by atoms with E-state index >= 15 is 0 Å². The van der Waals surface area contributed by atoms with Gasteiger partial charge in [-0.1, -0.05) is 12.8 Å². The molecule has 0 amide bonds. The van der Waals surface area contributed by atoms with E-state index in [0.29, 0.717) is 32.1 Å². The first kappa shape index (κ1) is 13.8. The summed E-state index contributed by atoms with van der Waals surface area (Å²) < 4.78 is 0. The van der Waals surface area contributed by atoms with Crippen LogP contribution in [0.1, 0.15) is 25.7 Å². The molecule has 6 nitrogen and oxygen atoms in total.